The van der Waals surface area contributed by atoms with Crippen LogP contribution >= 0.6 is 0 Å². The monoisotopic (exact) mass is 330 g/mol. The first kappa shape index (κ1) is 15.8. The van der Waals surface area contributed by atoms with Crippen LogP contribution in [0.5, 0.6) is 0 Å². The number of amides is 2. The minimum absolute atomic E-state index is 0.0928. The Morgan fingerprint density at radius 1 is 1.46 bits per heavy atom. The van der Waals surface area contributed by atoms with Gasteiger partial charge in [0.25, 0.3) is 0 Å². The smallest absolute Gasteiger partial charge is 0.318 e. The number of pyridine rings is 1. The fourth-order valence-electron chi connectivity index (χ4n) is 3.93. The quantitative estimate of drug-likeness (QED) is 0.911. The molecule has 2 amide bonds. The molecule has 4 rings (SSSR count). The topological polar surface area (TPSA) is 57.7 Å². The van der Waals surface area contributed by atoms with Crippen LogP contribution in [0.15, 0.2) is 24.5 Å². The second-order valence-electron chi connectivity index (χ2n) is 7.26. The van der Waals surface area contributed by atoms with E-state index in [0.29, 0.717) is 6.04 Å². The Kier molecular flexibility index (Phi) is 4.41. The average molecular weight is 330 g/mol. The maximum absolute atomic E-state index is 12.6. The number of hydrogen-bond donors (Lipinski definition) is 1. The number of ether oxygens (including phenoxy) is 1. The lowest BCUT2D eigenvalue weighted by Crippen LogP contribution is -2.48. The first-order chi connectivity index (χ1) is 11.7. The van der Waals surface area contributed by atoms with Gasteiger partial charge >= 0.3 is 6.03 Å². The summed E-state index contributed by atoms with van der Waals surface area (Å²) in [5.74, 6) is 0. The van der Waals surface area contributed by atoms with Crippen molar-refractivity contribution in [3.05, 3.63) is 30.1 Å². The molecule has 3 heterocycles. The van der Waals surface area contributed by atoms with Crippen LogP contribution in [-0.4, -0.2) is 65.2 Å². The number of likely N-dealkylation sites (tertiary alicyclic amines) is 1. The van der Waals surface area contributed by atoms with E-state index in [1.165, 1.54) is 5.56 Å². The van der Waals surface area contributed by atoms with E-state index in [1.54, 1.807) is 6.20 Å². The predicted molar refractivity (Wildman–Crippen MR) is 90.5 cm³/mol. The van der Waals surface area contributed by atoms with Gasteiger partial charge in [0.15, 0.2) is 0 Å². The van der Waals surface area contributed by atoms with Crippen molar-refractivity contribution in [2.45, 2.75) is 56.5 Å². The standard InChI is InChI=1S/C18H26N4O2/c1-21(11-13-4-2-8-19-10-13)16-12-22(18(23)20-14-6-7-14)15-5-3-9-24-17(15)16/h2,4,8,10,14-17H,3,5-7,9,11-12H2,1H3,(H,20,23)/t15-,16-,17+/m1/s1. The molecule has 2 aliphatic heterocycles. The molecular weight excluding hydrogens is 304 g/mol. The molecule has 1 aliphatic carbocycles. The second-order valence-corrected chi connectivity index (χ2v) is 7.26. The summed E-state index contributed by atoms with van der Waals surface area (Å²) >= 11 is 0. The highest BCUT2D eigenvalue weighted by molar-refractivity contribution is 5.76. The van der Waals surface area contributed by atoms with Gasteiger partial charge in [0.05, 0.1) is 18.2 Å². The molecule has 3 fully saturated rings. The van der Waals surface area contributed by atoms with Gasteiger partial charge in [-0.3, -0.25) is 9.88 Å². The molecule has 3 aliphatic rings. The van der Waals surface area contributed by atoms with Crippen LogP contribution in [0.4, 0.5) is 4.79 Å². The van der Waals surface area contributed by atoms with Crippen molar-refractivity contribution in [1.29, 1.82) is 0 Å². The molecule has 0 radical (unpaired) electrons. The number of aromatic nitrogens is 1. The minimum atomic E-state index is 0.0928. The average Bonchev–Trinajstić information content (AvgIpc) is 3.32. The van der Waals surface area contributed by atoms with Crippen LogP contribution in [0.25, 0.3) is 0 Å². The number of hydrogen-bond acceptors (Lipinski definition) is 4. The third kappa shape index (κ3) is 3.26. The van der Waals surface area contributed by atoms with E-state index in [-0.39, 0.29) is 24.2 Å². The fraction of sp³-hybridized carbons (Fsp3) is 0.667. The molecule has 3 atom stereocenters. The summed E-state index contributed by atoms with van der Waals surface area (Å²) in [7, 11) is 2.12. The molecule has 130 valence electrons. The third-order valence-corrected chi connectivity index (χ3v) is 5.38. The number of likely N-dealkylation sites (N-methyl/N-ethyl adjacent to an activating group) is 1. The number of urea groups is 1. The Balaban J connectivity index is 1.46. The van der Waals surface area contributed by atoms with Crippen LogP contribution in [0.3, 0.4) is 0 Å². The van der Waals surface area contributed by atoms with Gasteiger partial charge in [-0.1, -0.05) is 6.07 Å². The first-order valence-electron chi connectivity index (χ1n) is 9.00. The molecule has 1 aromatic heterocycles. The molecule has 6 heteroatoms. The molecule has 1 N–H and O–H groups in total. The van der Waals surface area contributed by atoms with Crippen LogP contribution in [0.2, 0.25) is 0 Å². The van der Waals surface area contributed by atoms with Crippen molar-refractivity contribution in [3.8, 4) is 0 Å². The van der Waals surface area contributed by atoms with Gasteiger partial charge in [0.1, 0.15) is 0 Å². The molecule has 1 aromatic rings. The van der Waals surface area contributed by atoms with E-state index in [2.05, 4.69) is 28.3 Å². The largest absolute Gasteiger partial charge is 0.374 e. The van der Waals surface area contributed by atoms with Crippen molar-refractivity contribution in [2.75, 3.05) is 20.2 Å². The molecule has 2 saturated heterocycles. The first-order valence-corrected chi connectivity index (χ1v) is 9.00. The summed E-state index contributed by atoms with van der Waals surface area (Å²) in [6.45, 7) is 2.37. The summed E-state index contributed by atoms with van der Waals surface area (Å²) in [5, 5.41) is 3.14. The number of nitrogens with one attached hydrogen (secondary N) is 1. The fourth-order valence-corrected chi connectivity index (χ4v) is 3.93. The molecule has 0 aromatic carbocycles. The van der Waals surface area contributed by atoms with E-state index < -0.39 is 0 Å². The molecular formula is C18H26N4O2. The van der Waals surface area contributed by atoms with Crippen LogP contribution in [-0.2, 0) is 11.3 Å². The van der Waals surface area contributed by atoms with Crippen LogP contribution < -0.4 is 5.32 Å². The number of fused-ring (bicyclic) bond motifs is 1. The van der Waals surface area contributed by atoms with Crippen molar-refractivity contribution in [3.63, 3.8) is 0 Å². The Hall–Kier alpha value is -1.66. The maximum Gasteiger partial charge on any atom is 0.318 e. The lowest BCUT2D eigenvalue weighted by molar-refractivity contribution is -0.0342. The van der Waals surface area contributed by atoms with Crippen molar-refractivity contribution < 1.29 is 9.53 Å². The van der Waals surface area contributed by atoms with E-state index in [0.717, 1.165) is 45.4 Å². The SMILES string of the molecule is CN(Cc1cccnc1)[C@@H]1CN(C(=O)NC2CC2)[C@@H]2CCCO[C@H]12. The van der Waals surface area contributed by atoms with Crippen molar-refractivity contribution in [1.82, 2.24) is 20.1 Å². The minimum Gasteiger partial charge on any atom is -0.374 e. The zero-order valence-corrected chi connectivity index (χ0v) is 14.2. The van der Waals surface area contributed by atoms with Gasteiger partial charge < -0.3 is 15.0 Å². The van der Waals surface area contributed by atoms with Gasteiger partial charge in [-0.15, -0.1) is 0 Å². The highest BCUT2D eigenvalue weighted by atomic mass is 16.5. The zero-order valence-electron chi connectivity index (χ0n) is 14.2. The number of nitrogens with zero attached hydrogens (tertiary/aromatic N) is 3. The maximum atomic E-state index is 12.6. The third-order valence-electron chi connectivity index (χ3n) is 5.38. The lowest BCUT2D eigenvalue weighted by Gasteiger charge is -2.34. The molecule has 0 unspecified atom stereocenters. The van der Waals surface area contributed by atoms with E-state index >= 15 is 0 Å². The Morgan fingerprint density at radius 3 is 3.08 bits per heavy atom. The van der Waals surface area contributed by atoms with Gasteiger partial charge in [-0.05, 0) is 44.4 Å². The van der Waals surface area contributed by atoms with Crippen LogP contribution in [0, 0.1) is 0 Å². The number of carbonyl (C=O) groups excluding carboxylic acids is 1. The normalized spacial score (nSPS) is 29.6. The summed E-state index contributed by atoms with van der Waals surface area (Å²) in [5.41, 5.74) is 1.19. The highest BCUT2D eigenvalue weighted by Gasteiger charge is 2.48. The molecule has 0 spiro atoms. The molecule has 6 nitrogen and oxygen atoms in total. The predicted octanol–water partition coefficient (Wildman–Crippen LogP) is 1.62. The van der Waals surface area contributed by atoms with E-state index in [9.17, 15) is 4.79 Å². The summed E-state index contributed by atoms with van der Waals surface area (Å²) in [6, 6.07) is 4.99. The molecule has 1 saturated carbocycles. The van der Waals surface area contributed by atoms with Gasteiger partial charge in [-0.25, -0.2) is 4.79 Å². The van der Waals surface area contributed by atoms with E-state index in [4.69, 9.17) is 4.74 Å². The van der Waals surface area contributed by atoms with Gasteiger partial charge in [0, 0.05) is 38.1 Å². The number of rotatable bonds is 4. The zero-order chi connectivity index (χ0) is 16.5. The Morgan fingerprint density at radius 2 is 2.33 bits per heavy atom. The summed E-state index contributed by atoms with van der Waals surface area (Å²) < 4.78 is 6.10. The number of carbonyl (C=O) groups is 1. The van der Waals surface area contributed by atoms with Crippen LogP contribution in [0.1, 0.15) is 31.2 Å². The van der Waals surface area contributed by atoms with E-state index in [1.807, 2.05) is 17.2 Å². The molecule has 24 heavy (non-hydrogen) atoms. The molecule has 0 bridgehead atoms. The Labute approximate surface area is 143 Å². The van der Waals surface area contributed by atoms with Gasteiger partial charge in [-0.2, -0.15) is 0 Å². The van der Waals surface area contributed by atoms with Crippen molar-refractivity contribution >= 4 is 6.03 Å². The summed E-state index contributed by atoms with van der Waals surface area (Å²) in [6.07, 6.45) is 8.13. The lowest BCUT2D eigenvalue weighted by atomic mass is 10.00. The highest BCUT2D eigenvalue weighted by Crippen LogP contribution is 2.32. The summed E-state index contributed by atoms with van der Waals surface area (Å²) in [4.78, 5) is 21.1. The Bertz CT molecular complexity index is 578. The second kappa shape index (κ2) is 6.69. The van der Waals surface area contributed by atoms with Crippen molar-refractivity contribution in [2.24, 2.45) is 0 Å². The van der Waals surface area contributed by atoms with Gasteiger partial charge in [0.2, 0.25) is 0 Å².